The van der Waals surface area contributed by atoms with Crippen LogP contribution in [0, 0.1) is 0 Å². The van der Waals surface area contributed by atoms with Crippen molar-refractivity contribution in [1.82, 2.24) is 4.90 Å². The van der Waals surface area contributed by atoms with Crippen molar-refractivity contribution in [3.05, 3.63) is 52.2 Å². The monoisotopic (exact) mass is 286 g/mol. The minimum atomic E-state index is -0.139. The summed E-state index contributed by atoms with van der Waals surface area (Å²) in [5, 5.41) is 5.38. The summed E-state index contributed by atoms with van der Waals surface area (Å²) < 4.78 is 0. The number of amides is 1. The molecule has 1 aromatic heterocycles. The highest BCUT2D eigenvalue weighted by Crippen LogP contribution is 2.29. The van der Waals surface area contributed by atoms with Crippen molar-refractivity contribution in [2.24, 2.45) is 0 Å². The third-order valence-corrected chi connectivity index (χ3v) is 5.00. The van der Waals surface area contributed by atoms with Gasteiger partial charge in [0.25, 0.3) is 0 Å². The van der Waals surface area contributed by atoms with E-state index >= 15 is 0 Å². The summed E-state index contributed by atoms with van der Waals surface area (Å²) in [7, 11) is 1.89. The fourth-order valence-corrected chi connectivity index (χ4v) is 3.43. The van der Waals surface area contributed by atoms with E-state index in [0.717, 1.165) is 12.1 Å². The molecule has 0 saturated carbocycles. The molecule has 0 spiro atoms. The van der Waals surface area contributed by atoms with Gasteiger partial charge in [-0.2, -0.15) is 0 Å². The lowest BCUT2D eigenvalue weighted by molar-refractivity contribution is -0.132. The largest absolute Gasteiger partial charge is 0.373 e. The van der Waals surface area contributed by atoms with Crippen molar-refractivity contribution in [3.8, 4) is 0 Å². The number of nitrogens with one attached hydrogen (secondary N) is 1. The van der Waals surface area contributed by atoms with Crippen LogP contribution in [0.5, 0.6) is 0 Å². The van der Waals surface area contributed by atoms with Crippen LogP contribution in [0.15, 0.2) is 41.8 Å². The Morgan fingerprint density at radius 3 is 2.85 bits per heavy atom. The van der Waals surface area contributed by atoms with Gasteiger partial charge in [-0.1, -0.05) is 24.3 Å². The molecule has 104 valence electrons. The van der Waals surface area contributed by atoms with Crippen LogP contribution in [-0.4, -0.2) is 23.9 Å². The van der Waals surface area contributed by atoms with Crippen molar-refractivity contribution in [1.29, 1.82) is 0 Å². The van der Waals surface area contributed by atoms with Crippen LogP contribution in [-0.2, 0) is 11.2 Å². The van der Waals surface area contributed by atoms with Gasteiger partial charge in [0.05, 0.1) is 6.04 Å². The number of thiophene rings is 1. The molecular formula is C16H18N2OS. The molecule has 3 rings (SSSR count). The maximum absolute atomic E-state index is 12.6. The van der Waals surface area contributed by atoms with Crippen molar-refractivity contribution in [3.63, 3.8) is 0 Å². The van der Waals surface area contributed by atoms with Gasteiger partial charge < -0.3 is 10.2 Å². The average Bonchev–Trinajstić information content (AvgIpc) is 3.13. The molecule has 20 heavy (non-hydrogen) atoms. The number of rotatable bonds is 3. The van der Waals surface area contributed by atoms with E-state index in [1.807, 2.05) is 41.6 Å². The molecular weight excluding hydrogens is 268 g/mol. The van der Waals surface area contributed by atoms with Gasteiger partial charge in [-0.3, -0.25) is 4.79 Å². The van der Waals surface area contributed by atoms with E-state index in [-0.39, 0.29) is 18.0 Å². The summed E-state index contributed by atoms with van der Waals surface area (Å²) in [5.74, 6) is 0.155. The predicted molar refractivity (Wildman–Crippen MR) is 83.1 cm³/mol. The third kappa shape index (κ3) is 2.31. The lowest BCUT2D eigenvalue weighted by atomic mass is 10.1. The van der Waals surface area contributed by atoms with Crippen LogP contribution in [0.3, 0.4) is 0 Å². The van der Waals surface area contributed by atoms with Crippen LogP contribution in [0.4, 0.5) is 5.69 Å². The highest BCUT2D eigenvalue weighted by atomic mass is 32.1. The zero-order chi connectivity index (χ0) is 14.1. The summed E-state index contributed by atoms with van der Waals surface area (Å²) in [6.07, 6.45) is 0.774. The first-order chi connectivity index (χ1) is 9.66. The van der Waals surface area contributed by atoms with Gasteiger partial charge in [-0.05, 0) is 30.0 Å². The Balaban J connectivity index is 1.71. The first kappa shape index (κ1) is 13.2. The number of para-hydroxylation sites is 1. The molecule has 2 aromatic rings. The summed E-state index contributed by atoms with van der Waals surface area (Å²) >= 11 is 1.69. The second-order valence-electron chi connectivity index (χ2n) is 5.20. The Morgan fingerprint density at radius 1 is 1.35 bits per heavy atom. The van der Waals surface area contributed by atoms with E-state index in [4.69, 9.17) is 0 Å². The summed E-state index contributed by atoms with van der Waals surface area (Å²) in [6, 6.07) is 12.2. The van der Waals surface area contributed by atoms with Gasteiger partial charge in [0.1, 0.15) is 6.04 Å². The standard InChI is InChI=1S/C16H18N2OS/c1-11(15-8-5-9-20-15)18(2)16(19)14-10-12-6-3-4-7-13(12)17-14/h3-9,11,14,17H,10H2,1-2H3. The number of hydrogen-bond donors (Lipinski definition) is 1. The second-order valence-corrected chi connectivity index (χ2v) is 6.18. The van der Waals surface area contributed by atoms with E-state index in [1.165, 1.54) is 10.4 Å². The topological polar surface area (TPSA) is 32.3 Å². The maximum Gasteiger partial charge on any atom is 0.245 e. The number of carbonyl (C=O) groups excluding carboxylic acids is 1. The van der Waals surface area contributed by atoms with Gasteiger partial charge in [-0.25, -0.2) is 0 Å². The predicted octanol–water partition coefficient (Wildman–Crippen LogP) is 3.30. The molecule has 1 aromatic carbocycles. The zero-order valence-corrected chi connectivity index (χ0v) is 12.5. The number of fused-ring (bicyclic) bond motifs is 1. The molecule has 0 saturated heterocycles. The molecule has 3 nitrogen and oxygen atoms in total. The zero-order valence-electron chi connectivity index (χ0n) is 11.7. The van der Waals surface area contributed by atoms with Crippen LogP contribution in [0.2, 0.25) is 0 Å². The van der Waals surface area contributed by atoms with Crippen LogP contribution in [0.1, 0.15) is 23.4 Å². The Morgan fingerprint density at radius 2 is 2.15 bits per heavy atom. The van der Waals surface area contributed by atoms with E-state index in [9.17, 15) is 4.79 Å². The van der Waals surface area contributed by atoms with E-state index in [0.29, 0.717) is 0 Å². The molecule has 0 fully saturated rings. The lowest BCUT2D eigenvalue weighted by Gasteiger charge is -2.27. The quantitative estimate of drug-likeness (QED) is 0.939. The SMILES string of the molecule is CC(c1cccs1)N(C)C(=O)C1Cc2ccccc2N1. The van der Waals surface area contributed by atoms with Crippen molar-refractivity contribution < 1.29 is 4.79 Å². The van der Waals surface area contributed by atoms with E-state index in [1.54, 1.807) is 11.3 Å². The average molecular weight is 286 g/mol. The minimum Gasteiger partial charge on any atom is -0.373 e. The molecule has 1 aliphatic rings. The van der Waals surface area contributed by atoms with Gasteiger partial charge >= 0.3 is 0 Å². The molecule has 0 aliphatic carbocycles. The van der Waals surface area contributed by atoms with E-state index < -0.39 is 0 Å². The van der Waals surface area contributed by atoms with Crippen LogP contribution < -0.4 is 5.32 Å². The normalized spacial score (nSPS) is 18.2. The molecule has 0 bridgehead atoms. The molecule has 2 unspecified atom stereocenters. The van der Waals surface area contributed by atoms with Crippen molar-refractivity contribution in [2.75, 3.05) is 12.4 Å². The van der Waals surface area contributed by atoms with Crippen LogP contribution in [0.25, 0.3) is 0 Å². The van der Waals surface area contributed by atoms with Gasteiger partial charge in [-0.15, -0.1) is 11.3 Å². The number of nitrogens with zero attached hydrogens (tertiary/aromatic N) is 1. The molecule has 1 N–H and O–H groups in total. The highest BCUT2D eigenvalue weighted by Gasteiger charge is 2.30. The fourth-order valence-electron chi connectivity index (χ4n) is 2.60. The van der Waals surface area contributed by atoms with Crippen molar-refractivity contribution >= 4 is 22.9 Å². The molecule has 0 radical (unpaired) electrons. The Kier molecular flexibility index (Phi) is 3.49. The minimum absolute atomic E-state index is 0.119. The van der Waals surface area contributed by atoms with Crippen molar-refractivity contribution in [2.45, 2.75) is 25.4 Å². The number of anilines is 1. The Bertz CT molecular complexity index is 580. The first-order valence-electron chi connectivity index (χ1n) is 6.81. The van der Waals surface area contributed by atoms with Gasteiger partial charge in [0, 0.05) is 24.0 Å². The smallest absolute Gasteiger partial charge is 0.245 e. The summed E-state index contributed by atoms with van der Waals surface area (Å²) in [5.41, 5.74) is 2.31. The summed E-state index contributed by atoms with van der Waals surface area (Å²) in [6.45, 7) is 2.08. The molecule has 2 atom stereocenters. The van der Waals surface area contributed by atoms with Gasteiger partial charge in [0.2, 0.25) is 5.91 Å². The third-order valence-electron chi connectivity index (χ3n) is 3.95. The molecule has 4 heteroatoms. The number of benzene rings is 1. The second kappa shape index (κ2) is 5.29. The summed E-state index contributed by atoms with van der Waals surface area (Å²) in [4.78, 5) is 15.7. The molecule has 1 aliphatic heterocycles. The molecule has 1 amide bonds. The molecule has 2 heterocycles. The Labute approximate surface area is 123 Å². The lowest BCUT2D eigenvalue weighted by Crippen LogP contribution is -2.40. The number of carbonyl (C=O) groups is 1. The Hall–Kier alpha value is -1.81. The van der Waals surface area contributed by atoms with Gasteiger partial charge in [0.15, 0.2) is 0 Å². The van der Waals surface area contributed by atoms with E-state index in [2.05, 4.69) is 24.4 Å². The fraction of sp³-hybridized carbons (Fsp3) is 0.312. The van der Waals surface area contributed by atoms with Crippen LogP contribution >= 0.6 is 11.3 Å². The number of likely N-dealkylation sites (N-methyl/N-ethyl adjacent to an activating group) is 1. The highest BCUT2D eigenvalue weighted by molar-refractivity contribution is 7.10. The maximum atomic E-state index is 12.6. The number of hydrogen-bond acceptors (Lipinski definition) is 3. The first-order valence-corrected chi connectivity index (χ1v) is 7.69.